The first-order chi connectivity index (χ1) is 14.7. The second-order valence-corrected chi connectivity index (χ2v) is 7.22. The van der Waals surface area contributed by atoms with Crippen LogP contribution in [0.25, 0.3) is 0 Å². The van der Waals surface area contributed by atoms with Gasteiger partial charge in [0.05, 0.1) is 40.2 Å². The molecule has 0 bridgehead atoms. The lowest BCUT2D eigenvalue weighted by atomic mass is 10.2. The zero-order valence-electron chi connectivity index (χ0n) is 17.4. The average Bonchev–Trinajstić information content (AvgIpc) is 3.00. The van der Waals surface area contributed by atoms with Crippen molar-refractivity contribution < 1.29 is 19.2 Å². The predicted octanol–water partition coefficient (Wildman–Crippen LogP) is 5.06. The number of hydrogen-bond acceptors (Lipinski definition) is 6. The van der Waals surface area contributed by atoms with E-state index in [0.717, 1.165) is 0 Å². The third kappa shape index (κ3) is 4.95. The molecule has 2 aromatic carbocycles. The molecular weight excluding hydrogens is 424 g/mol. The van der Waals surface area contributed by atoms with E-state index in [1.165, 1.54) is 22.9 Å². The van der Waals surface area contributed by atoms with Gasteiger partial charge in [-0.3, -0.25) is 19.6 Å². The first-order valence-electron chi connectivity index (χ1n) is 9.33. The number of hydrogen-bond donors (Lipinski definition) is 1. The van der Waals surface area contributed by atoms with E-state index < -0.39 is 16.9 Å². The number of halogens is 1. The lowest BCUT2D eigenvalue weighted by molar-refractivity contribution is -0.384. The quantitative estimate of drug-likeness (QED) is 0.403. The number of nitro groups is 1. The fraction of sp³-hybridized carbons (Fsp3) is 0.238. The van der Waals surface area contributed by atoms with Gasteiger partial charge in [0.2, 0.25) is 5.91 Å². The Morgan fingerprint density at radius 3 is 2.35 bits per heavy atom. The molecule has 9 nitrogen and oxygen atoms in total. The molecule has 0 fully saturated rings. The van der Waals surface area contributed by atoms with Crippen molar-refractivity contribution in [1.29, 1.82) is 0 Å². The van der Waals surface area contributed by atoms with Crippen LogP contribution < -0.4 is 14.8 Å². The monoisotopic (exact) mass is 444 g/mol. The Kier molecular flexibility index (Phi) is 6.45. The van der Waals surface area contributed by atoms with E-state index in [1.807, 2.05) is 0 Å². The second kappa shape index (κ2) is 9.05. The van der Waals surface area contributed by atoms with E-state index in [1.54, 1.807) is 52.1 Å². The Morgan fingerprint density at radius 1 is 1.16 bits per heavy atom. The minimum Gasteiger partial charge on any atom is -0.497 e. The largest absolute Gasteiger partial charge is 0.497 e. The maximum atomic E-state index is 12.8. The number of benzene rings is 2. The third-order valence-corrected chi connectivity index (χ3v) is 5.19. The maximum absolute atomic E-state index is 12.8. The Balaban J connectivity index is 1.84. The van der Waals surface area contributed by atoms with Gasteiger partial charge in [0.1, 0.15) is 23.3 Å². The van der Waals surface area contributed by atoms with Crippen molar-refractivity contribution in [2.75, 3.05) is 12.4 Å². The Morgan fingerprint density at radius 2 is 1.81 bits per heavy atom. The van der Waals surface area contributed by atoms with Crippen LogP contribution in [0.5, 0.6) is 17.2 Å². The van der Waals surface area contributed by atoms with Crippen LogP contribution in [-0.4, -0.2) is 27.7 Å². The molecule has 1 unspecified atom stereocenters. The molecule has 1 amide bonds. The summed E-state index contributed by atoms with van der Waals surface area (Å²) in [6, 6.07) is 10.1. The zero-order chi connectivity index (χ0) is 22.7. The van der Waals surface area contributed by atoms with Crippen molar-refractivity contribution in [3.8, 4) is 17.2 Å². The van der Waals surface area contributed by atoms with Gasteiger partial charge >= 0.3 is 0 Å². The Labute approximate surface area is 183 Å². The summed E-state index contributed by atoms with van der Waals surface area (Å²) < 4.78 is 12.3. The number of carbonyl (C=O) groups is 1. The van der Waals surface area contributed by atoms with Gasteiger partial charge in [-0.05, 0) is 45.0 Å². The van der Waals surface area contributed by atoms with Crippen molar-refractivity contribution in [2.45, 2.75) is 26.8 Å². The molecule has 1 atom stereocenters. The van der Waals surface area contributed by atoms with Crippen LogP contribution in [0.2, 0.25) is 5.02 Å². The molecule has 1 heterocycles. The van der Waals surface area contributed by atoms with Crippen molar-refractivity contribution in [3.05, 3.63) is 69.0 Å². The van der Waals surface area contributed by atoms with Crippen LogP contribution >= 0.6 is 11.6 Å². The number of aryl methyl sites for hydroxylation is 1. The van der Waals surface area contributed by atoms with Crippen LogP contribution in [-0.2, 0) is 4.79 Å². The number of methoxy groups -OCH3 is 1. The molecule has 31 heavy (non-hydrogen) atoms. The highest BCUT2D eigenvalue weighted by Gasteiger charge is 2.22. The van der Waals surface area contributed by atoms with E-state index in [2.05, 4.69) is 10.4 Å². The van der Waals surface area contributed by atoms with Gasteiger partial charge in [0, 0.05) is 12.1 Å². The molecule has 3 aromatic rings. The zero-order valence-corrected chi connectivity index (χ0v) is 18.1. The van der Waals surface area contributed by atoms with E-state index in [0.29, 0.717) is 27.9 Å². The standard InChI is InChI=1S/C21H21ClN4O5/c1-12-20(22)13(2)25(24-12)14(3)21(27)23-15-9-16(26(28)29)11-19(10-15)31-18-7-5-17(30-4)6-8-18/h5-11,14H,1-4H3,(H,23,27). The molecule has 162 valence electrons. The number of nitrogens with one attached hydrogen (secondary N) is 1. The summed E-state index contributed by atoms with van der Waals surface area (Å²) in [7, 11) is 1.55. The number of aromatic nitrogens is 2. The van der Waals surface area contributed by atoms with Crippen LogP contribution in [0.1, 0.15) is 24.4 Å². The smallest absolute Gasteiger partial charge is 0.275 e. The summed E-state index contributed by atoms with van der Waals surface area (Å²) >= 11 is 6.17. The number of rotatable bonds is 7. The molecule has 0 spiro atoms. The van der Waals surface area contributed by atoms with Crippen molar-refractivity contribution in [2.24, 2.45) is 0 Å². The predicted molar refractivity (Wildman–Crippen MR) is 116 cm³/mol. The number of nitro benzene ring substituents is 1. The molecule has 0 aliphatic carbocycles. The number of amides is 1. The first-order valence-corrected chi connectivity index (χ1v) is 9.71. The van der Waals surface area contributed by atoms with Crippen LogP contribution in [0.15, 0.2) is 42.5 Å². The van der Waals surface area contributed by atoms with Crippen LogP contribution in [0, 0.1) is 24.0 Å². The molecular formula is C21H21ClN4O5. The van der Waals surface area contributed by atoms with Gasteiger partial charge in [0.15, 0.2) is 0 Å². The summed E-state index contributed by atoms with van der Waals surface area (Å²) in [6.45, 7) is 5.18. The molecule has 0 radical (unpaired) electrons. The van der Waals surface area contributed by atoms with E-state index >= 15 is 0 Å². The molecule has 0 aliphatic heterocycles. The second-order valence-electron chi connectivity index (χ2n) is 6.84. The molecule has 0 saturated heterocycles. The van der Waals surface area contributed by atoms with Crippen LogP contribution in [0.4, 0.5) is 11.4 Å². The molecule has 1 aromatic heterocycles. The van der Waals surface area contributed by atoms with Crippen LogP contribution in [0.3, 0.4) is 0 Å². The van der Waals surface area contributed by atoms with E-state index in [-0.39, 0.29) is 17.1 Å². The average molecular weight is 445 g/mol. The highest BCUT2D eigenvalue weighted by atomic mass is 35.5. The van der Waals surface area contributed by atoms with Gasteiger partial charge in [-0.2, -0.15) is 5.10 Å². The van der Waals surface area contributed by atoms with Gasteiger partial charge in [-0.1, -0.05) is 11.6 Å². The summed E-state index contributed by atoms with van der Waals surface area (Å²) in [5, 5.41) is 18.8. The third-order valence-electron chi connectivity index (χ3n) is 4.65. The lowest BCUT2D eigenvalue weighted by Gasteiger charge is -2.15. The summed E-state index contributed by atoms with van der Waals surface area (Å²) in [5.74, 6) is 0.913. The van der Waals surface area contributed by atoms with Crippen molar-refractivity contribution in [1.82, 2.24) is 9.78 Å². The maximum Gasteiger partial charge on any atom is 0.275 e. The summed E-state index contributed by atoms with van der Waals surface area (Å²) in [4.78, 5) is 23.6. The normalized spacial score (nSPS) is 11.6. The minimum absolute atomic E-state index is 0.205. The fourth-order valence-electron chi connectivity index (χ4n) is 2.98. The molecule has 0 aliphatic rings. The first kappa shape index (κ1) is 22.1. The highest BCUT2D eigenvalue weighted by Crippen LogP contribution is 2.31. The number of ether oxygens (including phenoxy) is 2. The summed E-state index contributed by atoms with van der Waals surface area (Å²) in [5.41, 5.74) is 1.28. The summed E-state index contributed by atoms with van der Waals surface area (Å²) in [6.07, 6.45) is 0. The molecule has 0 saturated carbocycles. The number of non-ortho nitro benzene ring substituents is 1. The Bertz CT molecular complexity index is 1130. The van der Waals surface area contributed by atoms with E-state index in [9.17, 15) is 14.9 Å². The van der Waals surface area contributed by atoms with Crippen molar-refractivity contribution in [3.63, 3.8) is 0 Å². The van der Waals surface area contributed by atoms with Gasteiger partial charge < -0.3 is 14.8 Å². The molecule has 1 N–H and O–H groups in total. The Hall–Kier alpha value is -3.59. The topological polar surface area (TPSA) is 109 Å². The minimum atomic E-state index is -0.684. The number of anilines is 1. The number of carbonyl (C=O) groups excluding carboxylic acids is 1. The van der Waals surface area contributed by atoms with Crippen molar-refractivity contribution >= 4 is 28.9 Å². The van der Waals surface area contributed by atoms with Gasteiger partial charge in [-0.25, -0.2) is 0 Å². The number of nitrogens with zero attached hydrogens (tertiary/aromatic N) is 3. The van der Waals surface area contributed by atoms with Gasteiger partial charge in [0.25, 0.3) is 5.69 Å². The highest BCUT2D eigenvalue weighted by molar-refractivity contribution is 6.31. The fourth-order valence-corrected chi connectivity index (χ4v) is 3.10. The SMILES string of the molecule is COc1ccc(Oc2cc(NC(=O)C(C)n3nc(C)c(Cl)c3C)cc([N+](=O)[O-])c2)cc1. The molecule has 10 heteroatoms. The van der Waals surface area contributed by atoms with E-state index in [4.69, 9.17) is 21.1 Å². The van der Waals surface area contributed by atoms with Gasteiger partial charge in [-0.15, -0.1) is 0 Å². The lowest BCUT2D eigenvalue weighted by Crippen LogP contribution is -2.25. The molecule has 3 rings (SSSR count).